The van der Waals surface area contributed by atoms with Crippen LogP contribution in [-0.4, -0.2) is 34.9 Å². The topological polar surface area (TPSA) is 69.6 Å². The van der Waals surface area contributed by atoms with Crippen molar-refractivity contribution in [3.05, 3.63) is 22.4 Å². The monoisotopic (exact) mass is 363 g/mol. The highest BCUT2D eigenvalue weighted by Gasteiger charge is 2.57. The Bertz CT molecular complexity index is 600. The van der Waals surface area contributed by atoms with Crippen LogP contribution < -0.4 is 5.32 Å². The van der Waals surface area contributed by atoms with Gasteiger partial charge in [-0.3, -0.25) is 4.79 Å². The van der Waals surface area contributed by atoms with Crippen molar-refractivity contribution in [3.63, 3.8) is 0 Å². The lowest BCUT2D eigenvalue weighted by atomic mass is 9.47. The van der Waals surface area contributed by atoms with Gasteiger partial charge < -0.3 is 15.5 Å². The lowest BCUT2D eigenvalue weighted by molar-refractivity contribution is -0.169. The summed E-state index contributed by atoms with van der Waals surface area (Å²) in [4.78, 5) is 12.6. The van der Waals surface area contributed by atoms with E-state index < -0.39 is 5.60 Å². The average Bonchev–Trinajstić information content (AvgIpc) is 3.01. The molecule has 1 heterocycles. The smallest absolute Gasteiger partial charge is 0.220 e. The van der Waals surface area contributed by atoms with Crippen molar-refractivity contribution >= 4 is 17.2 Å². The van der Waals surface area contributed by atoms with Crippen LogP contribution in [-0.2, 0) is 11.2 Å². The van der Waals surface area contributed by atoms with Crippen LogP contribution in [0.3, 0.4) is 0 Å². The van der Waals surface area contributed by atoms with Crippen molar-refractivity contribution in [2.75, 3.05) is 13.2 Å². The van der Waals surface area contributed by atoms with E-state index in [9.17, 15) is 15.0 Å². The van der Waals surface area contributed by atoms with Gasteiger partial charge in [0, 0.05) is 25.5 Å². The summed E-state index contributed by atoms with van der Waals surface area (Å²) >= 11 is 1.66. The van der Waals surface area contributed by atoms with E-state index in [1.54, 1.807) is 11.3 Å². The second-order valence-electron chi connectivity index (χ2n) is 9.05. The Morgan fingerprint density at radius 2 is 2.08 bits per heavy atom. The Morgan fingerprint density at radius 1 is 1.32 bits per heavy atom. The summed E-state index contributed by atoms with van der Waals surface area (Å²) < 4.78 is 0. The van der Waals surface area contributed by atoms with E-state index in [0.717, 1.165) is 38.5 Å². The summed E-state index contributed by atoms with van der Waals surface area (Å²) in [7, 11) is 0. The first kappa shape index (κ1) is 17.5. The fourth-order valence-electron chi connectivity index (χ4n) is 6.21. The van der Waals surface area contributed by atoms with Crippen molar-refractivity contribution in [2.24, 2.45) is 23.2 Å². The summed E-state index contributed by atoms with van der Waals surface area (Å²) in [6, 6.07) is 2.07. The molecule has 25 heavy (non-hydrogen) atoms. The van der Waals surface area contributed by atoms with E-state index in [1.807, 2.05) is 5.38 Å². The number of amides is 1. The Balaban J connectivity index is 1.31. The summed E-state index contributed by atoms with van der Waals surface area (Å²) in [6.07, 6.45) is 7.50. The first-order valence-corrected chi connectivity index (χ1v) is 10.5. The summed E-state index contributed by atoms with van der Waals surface area (Å²) in [5, 5.41) is 27.6. The number of thiophene rings is 1. The normalized spacial score (nSPS) is 37.2. The van der Waals surface area contributed by atoms with Gasteiger partial charge in [-0.15, -0.1) is 0 Å². The fraction of sp³-hybridized carbons (Fsp3) is 0.750. The van der Waals surface area contributed by atoms with E-state index in [-0.39, 0.29) is 23.8 Å². The van der Waals surface area contributed by atoms with Gasteiger partial charge in [0.05, 0.1) is 5.60 Å². The molecule has 4 aliphatic carbocycles. The largest absolute Gasteiger partial charge is 0.396 e. The zero-order chi connectivity index (χ0) is 17.5. The van der Waals surface area contributed by atoms with Crippen LogP contribution in [0, 0.1) is 23.2 Å². The predicted molar refractivity (Wildman–Crippen MR) is 98.3 cm³/mol. The van der Waals surface area contributed by atoms with E-state index in [0.29, 0.717) is 24.8 Å². The lowest BCUT2D eigenvalue weighted by Crippen LogP contribution is -2.56. The zero-order valence-electron chi connectivity index (χ0n) is 14.7. The van der Waals surface area contributed by atoms with Crippen LogP contribution in [0.4, 0.5) is 0 Å². The minimum absolute atomic E-state index is 0.0188. The molecule has 0 aliphatic heterocycles. The third-order valence-corrected chi connectivity index (χ3v) is 7.37. The van der Waals surface area contributed by atoms with Crippen molar-refractivity contribution in [2.45, 2.75) is 57.0 Å². The quantitative estimate of drug-likeness (QED) is 0.698. The van der Waals surface area contributed by atoms with Crippen molar-refractivity contribution in [3.8, 4) is 0 Å². The van der Waals surface area contributed by atoms with Gasteiger partial charge in [-0.05, 0) is 84.6 Å². The average molecular weight is 364 g/mol. The lowest BCUT2D eigenvalue weighted by Gasteiger charge is -2.60. The summed E-state index contributed by atoms with van der Waals surface area (Å²) in [5.74, 6) is 1.39. The Kier molecular flexibility index (Phi) is 4.67. The van der Waals surface area contributed by atoms with Gasteiger partial charge in [-0.1, -0.05) is 0 Å². The standard InChI is InChI=1S/C20H29NO3S/c22-11-17(3-14-1-2-25-12-14)10-21-18(23)9-19-5-15-4-16(6-19)8-20(24,7-15)13-19/h1-2,12,15-17,22,24H,3-11,13H2,(H,21,23)/t15-,16-,17-,19?,20?/m0/s1. The molecular formula is C20H29NO3S. The molecule has 3 atom stereocenters. The minimum Gasteiger partial charge on any atom is -0.396 e. The van der Waals surface area contributed by atoms with Gasteiger partial charge in [-0.25, -0.2) is 0 Å². The number of hydrogen-bond donors (Lipinski definition) is 3. The highest BCUT2D eigenvalue weighted by molar-refractivity contribution is 7.07. The highest BCUT2D eigenvalue weighted by atomic mass is 32.1. The minimum atomic E-state index is -0.503. The molecule has 5 rings (SSSR count). The molecule has 4 aliphatic rings. The Morgan fingerprint density at radius 3 is 2.68 bits per heavy atom. The molecule has 4 fully saturated rings. The number of hydrogen-bond acceptors (Lipinski definition) is 4. The number of carbonyl (C=O) groups is 1. The molecule has 4 nitrogen and oxygen atoms in total. The second kappa shape index (κ2) is 6.67. The zero-order valence-corrected chi connectivity index (χ0v) is 15.6. The van der Waals surface area contributed by atoms with Gasteiger partial charge >= 0.3 is 0 Å². The molecule has 0 unspecified atom stereocenters. The van der Waals surface area contributed by atoms with Gasteiger partial charge in [-0.2, -0.15) is 11.3 Å². The SMILES string of the molecule is O=C(CC12C[C@@H]3C[C@H](CC(O)(C3)C1)C2)NC[C@@H](CO)Cc1ccsc1. The van der Waals surface area contributed by atoms with Crippen LogP contribution >= 0.6 is 11.3 Å². The molecule has 0 aromatic carbocycles. The van der Waals surface area contributed by atoms with E-state index in [4.69, 9.17) is 0 Å². The third-order valence-electron chi connectivity index (χ3n) is 6.64. The highest BCUT2D eigenvalue weighted by Crippen LogP contribution is 2.62. The molecule has 0 saturated heterocycles. The number of aliphatic hydroxyl groups is 2. The maximum Gasteiger partial charge on any atom is 0.220 e. The molecule has 4 bridgehead atoms. The van der Waals surface area contributed by atoms with Crippen LogP contribution in [0.5, 0.6) is 0 Å². The number of aliphatic hydroxyl groups excluding tert-OH is 1. The van der Waals surface area contributed by atoms with E-state index >= 15 is 0 Å². The molecule has 0 spiro atoms. The van der Waals surface area contributed by atoms with Crippen molar-refractivity contribution < 1.29 is 15.0 Å². The molecule has 1 aromatic heterocycles. The molecule has 1 aromatic rings. The number of carbonyl (C=O) groups excluding carboxylic acids is 1. The molecule has 3 N–H and O–H groups in total. The molecule has 138 valence electrons. The maximum atomic E-state index is 12.6. The molecule has 5 heteroatoms. The first-order valence-electron chi connectivity index (χ1n) is 9.59. The number of nitrogens with one attached hydrogen (secondary N) is 1. The second-order valence-corrected chi connectivity index (χ2v) is 9.83. The Labute approximate surface area is 153 Å². The first-order chi connectivity index (χ1) is 12.0. The summed E-state index contributed by atoms with van der Waals surface area (Å²) in [6.45, 7) is 0.615. The fourth-order valence-corrected chi connectivity index (χ4v) is 6.89. The van der Waals surface area contributed by atoms with Crippen LogP contribution in [0.1, 0.15) is 50.5 Å². The van der Waals surface area contributed by atoms with Crippen LogP contribution in [0.25, 0.3) is 0 Å². The van der Waals surface area contributed by atoms with Crippen LogP contribution in [0.2, 0.25) is 0 Å². The molecule has 0 radical (unpaired) electrons. The number of rotatable bonds is 7. The van der Waals surface area contributed by atoms with E-state index in [1.165, 1.54) is 12.0 Å². The van der Waals surface area contributed by atoms with Gasteiger partial charge in [0.2, 0.25) is 5.91 Å². The van der Waals surface area contributed by atoms with Gasteiger partial charge in [0.15, 0.2) is 0 Å². The van der Waals surface area contributed by atoms with Crippen molar-refractivity contribution in [1.29, 1.82) is 0 Å². The molecule has 1 amide bonds. The Hall–Kier alpha value is -0.910. The van der Waals surface area contributed by atoms with Gasteiger partial charge in [0.1, 0.15) is 0 Å². The molecule has 4 saturated carbocycles. The van der Waals surface area contributed by atoms with Gasteiger partial charge in [0.25, 0.3) is 0 Å². The van der Waals surface area contributed by atoms with Crippen molar-refractivity contribution in [1.82, 2.24) is 5.32 Å². The predicted octanol–water partition coefficient (Wildman–Crippen LogP) is 2.74. The van der Waals surface area contributed by atoms with E-state index in [2.05, 4.69) is 16.8 Å². The maximum absolute atomic E-state index is 12.6. The summed E-state index contributed by atoms with van der Waals surface area (Å²) in [5.41, 5.74) is 0.740. The third kappa shape index (κ3) is 3.79. The molecular weight excluding hydrogens is 334 g/mol. The van der Waals surface area contributed by atoms with Crippen LogP contribution in [0.15, 0.2) is 16.8 Å².